The van der Waals surface area contributed by atoms with Gasteiger partial charge < -0.3 is 5.32 Å². The van der Waals surface area contributed by atoms with Gasteiger partial charge in [0, 0.05) is 5.38 Å². The van der Waals surface area contributed by atoms with E-state index in [1.54, 1.807) is 0 Å². The van der Waals surface area contributed by atoms with Gasteiger partial charge in [0.05, 0.1) is 11.2 Å². The maximum atomic E-state index is 4.86. The molecule has 1 saturated carbocycles. The summed E-state index contributed by atoms with van der Waals surface area (Å²) in [6, 6.07) is 0. The van der Waals surface area contributed by atoms with Crippen LogP contribution in [0.5, 0.6) is 0 Å². The minimum Gasteiger partial charge on any atom is -0.308 e. The zero-order chi connectivity index (χ0) is 12.5. The van der Waals surface area contributed by atoms with Crippen molar-refractivity contribution in [1.29, 1.82) is 0 Å². The minimum atomic E-state index is 0.157. The highest BCUT2D eigenvalue weighted by atomic mass is 32.1. The quantitative estimate of drug-likeness (QED) is 0.882. The van der Waals surface area contributed by atoms with Crippen molar-refractivity contribution in [1.82, 2.24) is 10.3 Å². The van der Waals surface area contributed by atoms with Gasteiger partial charge in [-0.15, -0.1) is 11.3 Å². The van der Waals surface area contributed by atoms with Crippen molar-refractivity contribution in [3.05, 3.63) is 16.1 Å². The lowest BCUT2D eigenvalue weighted by atomic mass is 9.77. The molecule has 0 aromatic carbocycles. The molecule has 1 aromatic heterocycles. The molecule has 0 unspecified atom stereocenters. The number of hydrogen-bond acceptors (Lipinski definition) is 3. The van der Waals surface area contributed by atoms with Crippen LogP contribution in [0, 0.1) is 5.92 Å². The zero-order valence-corrected chi connectivity index (χ0v) is 12.2. The lowest BCUT2D eigenvalue weighted by molar-refractivity contribution is 0.208. The average Bonchev–Trinajstić information content (AvgIpc) is 2.81. The van der Waals surface area contributed by atoms with E-state index < -0.39 is 0 Å². The Bertz CT molecular complexity index is 362. The van der Waals surface area contributed by atoms with Crippen molar-refractivity contribution in [2.45, 2.75) is 57.9 Å². The third kappa shape index (κ3) is 2.55. The van der Waals surface area contributed by atoms with Crippen LogP contribution in [-0.4, -0.2) is 12.0 Å². The summed E-state index contributed by atoms with van der Waals surface area (Å²) in [4.78, 5) is 4.86. The van der Waals surface area contributed by atoms with Gasteiger partial charge in [-0.1, -0.05) is 20.8 Å². The highest BCUT2D eigenvalue weighted by Crippen LogP contribution is 2.40. The molecule has 96 valence electrons. The third-order valence-corrected chi connectivity index (χ3v) is 5.19. The highest BCUT2D eigenvalue weighted by molar-refractivity contribution is 7.09. The van der Waals surface area contributed by atoms with E-state index >= 15 is 0 Å². The lowest BCUT2D eigenvalue weighted by Crippen LogP contribution is -2.42. The Labute approximate surface area is 109 Å². The highest BCUT2D eigenvalue weighted by Gasteiger charge is 2.36. The van der Waals surface area contributed by atoms with Crippen LogP contribution >= 0.6 is 11.3 Å². The molecule has 1 fully saturated rings. The van der Waals surface area contributed by atoms with Gasteiger partial charge in [0.25, 0.3) is 0 Å². The molecule has 0 amide bonds. The summed E-state index contributed by atoms with van der Waals surface area (Å²) in [5.74, 6) is 1.41. The fourth-order valence-corrected chi connectivity index (χ4v) is 3.84. The molecule has 0 saturated heterocycles. The van der Waals surface area contributed by atoms with Crippen LogP contribution in [0.1, 0.15) is 63.1 Å². The van der Waals surface area contributed by atoms with Crippen LogP contribution in [0.3, 0.4) is 0 Å². The Morgan fingerprint density at radius 2 is 2.06 bits per heavy atom. The van der Waals surface area contributed by atoms with Crippen LogP contribution in [0.15, 0.2) is 5.38 Å². The third-order valence-electron chi connectivity index (χ3n) is 4.13. The molecule has 3 heteroatoms. The van der Waals surface area contributed by atoms with E-state index in [-0.39, 0.29) is 5.54 Å². The number of nitrogens with zero attached hydrogens (tertiary/aromatic N) is 1. The second-order valence-electron chi connectivity index (χ2n) is 5.75. The topological polar surface area (TPSA) is 24.9 Å². The summed E-state index contributed by atoms with van der Waals surface area (Å²) in [6.07, 6.45) is 5.10. The molecule has 2 nitrogen and oxygen atoms in total. The predicted octanol–water partition coefficient (Wildman–Crippen LogP) is 3.89. The molecule has 0 radical (unpaired) electrons. The number of hydrogen-bond donors (Lipinski definition) is 1. The van der Waals surface area contributed by atoms with Crippen molar-refractivity contribution in [3.63, 3.8) is 0 Å². The van der Waals surface area contributed by atoms with Crippen molar-refractivity contribution >= 4 is 11.3 Å². The normalized spacial score (nSPS) is 29.8. The fourth-order valence-electron chi connectivity index (χ4n) is 2.60. The molecule has 0 atom stereocenters. The molecule has 1 aliphatic rings. The van der Waals surface area contributed by atoms with Gasteiger partial charge >= 0.3 is 0 Å². The van der Waals surface area contributed by atoms with E-state index in [2.05, 4.69) is 38.5 Å². The predicted molar refractivity (Wildman–Crippen MR) is 74.6 cm³/mol. The van der Waals surface area contributed by atoms with Crippen molar-refractivity contribution in [2.75, 3.05) is 7.05 Å². The first-order valence-electron chi connectivity index (χ1n) is 6.72. The molecule has 0 bridgehead atoms. The van der Waals surface area contributed by atoms with Gasteiger partial charge in [-0.3, -0.25) is 0 Å². The summed E-state index contributed by atoms with van der Waals surface area (Å²) >= 11 is 1.84. The van der Waals surface area contributed by atoms with E-state index in [0.29, 0.717) is 5.92 Å². The maximum absolute atomic E-state index is 4.86. The van der Waals surface area contributed by atoms with Gasteiger partial charge in [0.2, 0.25) is 0 Å². The van der Waals surface area contributed by atoms with Crippen molar-refractivity contribution < 1.29 is 0 Å². The van der Waals surface area contributed by atoms with Gasteiger partial charge in [-0.25, -0.2) is 4.98 Å². The lowest BCUT2D eigenvalue weighted by Gasteiger charge is -2.37. The Balaban J connectivity index is 2.22. The molecule has 0 spiro atoms. The smallest absolute Gasteiger partial charge is 0.113 e. The van der Waals surface area contributed by atoms with E-state index in [9.17, 15) is 0 Å². The fraction of sp³-hybridized carbons (Fsp3) is 0.786. The first-order valence-corrected chi connectivity index (χ1v) is 7.60. The molecule has 1 aromatic rings. The Morgan fingerprint density at radius 3 is 2.53 bits per heavy atom. The van der Waals surface area contributed by atoms with E-state index in [4.69, 9.17) is 4.98 Å². The molecule has 17 heavy (non-hydrogen) atoms. The number of rotatable bonds is 3. The molecular weight excluding hydrogens is 228 g/mol. The molecule has 1 N–H and O–H groups in total. The summed E-state index contributed by atoms with van der Waals surface area (Å²) in [7, 11) is 2.09. The summed E-state index contributed by atoms with van der Waals surface area (Å²) < 4.78 is 0. The van der Waals surface area contributed by atoms with Crippen molar-refractivity contribution in [3.8, 4) is 0 Å². The first kappa shape index (κ1) is 13.0. The number of thiazole rings is 1. The number of aromatic nitrogens is 1. The largest absolute Gasteiger partial charge is 0.308 e. The second-order valence-corrected chi connectivity index (χ2v) is 6.60. The van der Waals surface area contributed by atoms with Gasteiger partial charge in [0.1, 0.15) is 5.01 Å². The van der Waals surface area contributed by atoms with Gasteiger partial charge in [-0.2, -0.15) is 0 Å². The van der Waals surface area contributed by atoms with Crippen molar-refractivity contribution in [2.24, 2.45) is 5.92 Å². The second kappa shape index (κ2) is 5.07. The van der Waals surface area contributed by atoms with Gasteiger partial charge in [0.15, 0.2) is 0 Å². The van der Waals surface area contributed by atoms with Crippen LogP contribution < -0.4 is 5.32 Å². The standard InChI is InChI=1S/C14H24N2S/c1-10(2)12-9-17-13(16-12)14(15-4)7-5-11(3)6-8-14/h9-11,15H,5-8H2,1-4H3. The maximum Gasteiger partial charge on any atom is 0.113 e. The first-order chi connectivity index (χ1) is 8.07. The van der Waals surface area contributed by atoms with Gasteiger partial charge in [-0.05, 0) is 44.6 Å². The van der Waals surface area contributed by atoms with Crippen LogP contribution in [0.4, 0.5) is 0 Å². The molecule has 1 aliphatic carbocycles. The molecule has 0 aliphatic heterocycles. The monoisotopic (exact) mass is 252 g/mol. The Morgan fingerprint density at radius 1 is 1.41 bits per heavy atom. The Kier molecular flexibility index (Phi) is 3.88. The summed E-state index contributed by atoms with van der Waals surface area (Å²) in [6.45, 7) is 6.79. The summed E-state index contributed by atoms with van der Waals surface area (Å²) in [5, 5.41) is 7.09. The van der Waals surface area contributed by atoms with E-state index in [0.717, 1.165) is 5.92 Å². The van der Waals surface area contributed by atoms with E-state index in [1.165, 1.54) is 36.4 Å². The van der Waals surface area contributed by atoms with Crippen LogP contribution in [0.25, 0.3) is 0 Å². The average molecular weight is 252 g/mol. The van der Waals surface area contributed by atoms with E-state index in [1.807, 2.05) is 11.3 Å². The summed E-state index contributed by atoms with van der Waals surface area (Å²) in [5.41, 5.74) is 1.41. The molecular formula is C14H24N2S. The van der Waals surface area contributed by atoms with Crippen LogP contribution in [-0.2, 0) is 5.54 Å². The molecule has 1 heterocycles. The van der Waals surface area contributed by atoms with Crippen LogP contribution in [0.2, 0.25) is 0 Å². The minimum absolute atomic E-state index is 0.157. The zero-order valence-electron chi connectivity index (χ0n) is 11.4. The Hall–Kier alpha value is -0.410. The number of nitrogens with one attached hydrogen (secondary N) is 1. The SMILES string of the molecule is CNC1(c2nc(C(C)C)cs2)CCC(C)CC1. The molecule has 2 rings (SSSR count).